The molecule has 9 heteroatoms. The van der Waals surface area contributed by atoms with Crippen LogP contribution in [0.1, 0.15) is 30.1 Å². The molecule has 2 N–H and O–H groups in total. The number of non-ortho nitro benzene ring substituents is 1. The summed E-state index contributed by atoms with van der Waals surface area (Å²) in [4.78, 5) is 36.5. The molecule has 1 aromatic rings. The standard InChI is InChI=1S/C17H23N3O6/c1-12-3-2-7-19(10-12)16(22)11-26-17(23)14-9-13(20(24)25)4-5-15(14)18-6-8-21/h4-5,9,12,18,21H,2-3,6-8,10-11H2,1H3. The van der Waals surface area contributed by atoms with Crippen molar-refractivity contribution >= 4 is 23.3 Å². The Morgan fingerprint density at radius 1 is 1.46 bits per heavy atom. The highest BCUT2D eigenvalue weighted by Crippen LogP contribution is 2.23. The molecule has 0 spiro atoms. The van der Waals surface area contributed by atoms with Crippen molar-refractivity contribution in [2.75, 3.05) is 38.2 Å². The van der Waals surface area contributed by atoms with Gasteiger partial charge in [0, 0.05) is 37.5 Å². The van der Waals surface area contributed by atoms with Gasteiger partial charge in [-0.25, -0.2) is 4.79 Å². The number of nitro benzene ring substituents is 1. The van der Waals surface area contributed by atoms with E-state index in [1.165, 1.54) is 12.1 Å². The first kappa shape index (κ1) is 19.6. The van der Waals surface area contributed by atoms with Crippen LogP contribution in [0.5, 0.6) is 0 Å². The van der Waals surface area contributed by atoms with Gasteiger partial charge in [-0.1, -0.05) is 6.92 Å². The fraction of sp³-hybridized carbons (Fsp3) is 0.529. The number of carbonyl (C=O) groups excluding carboxylic acids is 2. The summed E-state index contributed by atoms with van der Waals surface area (Å²) in [5, 5.41) is 22.6. The summed E-state index contributed by atoms with van der Waals surface area (Å²) in [5.74, 6) is -0.692. The Labute approximate surface area is 151 Å². The van der Waals surface area contributed by atoms with E-state index in [0.29, 0.717) is 24.7 Å². The van der Waals surface area contributed by atoms with Gasteiger partial charge in [0.05, 0.1) is 17.1 Å². The zero-order valence-electron chi connectivity index (χ0n) is 14.6. The molecule has 9 nitrogen and oxygen atoms in total. The van der Waals surface area contributed by atoms with Gasteiger partial charge >= 0.3 is 5.97 Å². The van der Waals surface area contributed by atoms with Gasteiger partial charge in [0.1, 0.15) is 0 Å². The fourth-order valence-electron chi connectivity index (χ4n) is 2.87. The third-order valence-corrected chi connectivity index (χ3v) is 4.20. The number of nitro groups is 1. The Morgan fingerprint density at radius 2 is 2.23 bits per heavy atom. The predicted octanol–water partition coefficient (Wildman–Crippen LogP) is 1.41. The van der Waals surface area contributed by atoms with Crippen LogP contribution in [0.4, 0.5) is 11.4 Å². The number of anilines is 1. The van der Waals surface area contributed by atoms with E-state index < -0.39 is 17.5 Å². The number of piperidine rings is 1. The summed E-state index contributed by atoms with van der Waals surface area (Å²) < 4.78 is 5.08. The first-order valence-corrected chi connectivity index (χ1v) is 8.50. The number of hydrogen-bond acceptors (Lipinski definition) is 7. The topological polar surface area (TPSA) is 122 Å². The first-order chi connectivity index (χ1) is 12.4. The number of amides is 1. The van der Waals surface area contributed by atoms with E-state index >= 15 is 0 Å². The maximum absolute atomic E-state index is 12.3. The molecule has 1 aliphatic rings. The molecule has 0 aliphatic carbocycles. The second-order valence-corrected chi connectivity index (χ2v) is 6.30. The molecule has 1 unspecified atom stereocenters. The molecule has 1 atom stereocenters. The van der Waals surface area contributed by atoms with Crippen LogP contribution < -0.4 is 5.32 Å². The molecule has 0 radical (unpaired) electrons. The van der Waals surface area contributed by atoms with Crippen LogP contribution >= 0.6 is 0 Å². The minimum absolute atomic E-state index is 0.0486. The lowest BCUT2D eigenvalue weighted by Crippen LogP contribution is -2.41. The Bertz CT molecular complexity index is 678. The number of aliphatic hydroxyl groups is 1. The third-order valence-electron chi connectivity index (χ3n) is 4.20. The van der Waals surface area contributed by atoms with Crippen molar-refractivity contribution in [2.24, 2.45) is 5.92 Å². The molecule has 1 heterocycles. The van der Waals surface area contributed by atoms with E-state index in [0.717, 1.165) is 18.9 Å². The van der Waals surface area contributed by atoms with Gasteiger partial charge in [-0.3, -0.25) is 14.9 Å². The zero-order chi connectivity index (χ0) is 19.1. The van der Waals surface area contributed by atoms with Crippen molar-refractivity contribution in [3.63, 3.8) is 0 Å². The second kappa shape index (κ2) is 9.14. The predicted molar refractivity (Wildman–Crippen MR) is 93.9 cm³/mol. The molecule has 0 bridgehead atoms. The minimum atomic E-state index is -0.826. The van der Waals surface area contributed by atoms with Gasteiger partial charge in [-0.05, 0) is 24.8 Å². The molecule has 0 saturated carbocycles. The van der Waals surface area contributed by atoms with Crippen molar-refractivity contribution in [3.05, 3.63) is 33.9 Å². The maximum Gasteiger partial charge on any atom is 0.341 e. The lowest BCUT2D eigenvalue weighted by molar-refractivity contribution is -0.384. The van der Waals surface area contributed by atoms with Gasteiger partial charge in [-0.2, -0.15) is 0 Å². The van der Waals surface area contributed by atoms with Gasteiger partial charge in [-0.15, -0.1) is 0 Å². The largest absolute Gasteiger partial charge is 0.452 e. The Kier molecular flexibility index (Phi) is 6.90. The van der Waals surface area contributed by atoms with Gasteiger partial charge in [0.15, 0.2) is 6.61 Å². The van der Waals surface area contributed by atoms with Crippen molar-refractivity contribution in [2.45, 2.75) is 19.8 Å². The van der Waals surface area contributed by atoms with E-state index in [-0.39, 0.29) is 30.3 Å². The number of hydrogen-bond donors (Lipinski definition) is 2. The molecule has 1 saturated heterocycles. The summed E-state index contributed by atoms with van der Waals surface area (Å²) in [5.41, 5.74) is -0.0103. The highest BCUT2D eigenvalue weighted by atomic mass is 16.6. The molecular weight excluding hydrogens is 342 g/mol. The molecule has 1 fully saturated rings. The van der Waals surface area contributed by atoms with E-state index in [1.807, 2.05) is 0 Å². The summed E-state index contributed by atoms with van der Waals surface area (Å²) in [7, 11) is 0. The Hall–Kier alpha value is -2.68. The van der Waals surface area contributed by atoms with E-state index in [9.17, 15) is 19.7 Å². The SMILES string of the molecule is CC1CCCN(C(=O)COC(=O)c2cc([N+](=O)[O-])ccc2NCCO)C1. The average molecular weight is 365 g/mol. The van der Waals surface area contributed by atoms with Crippen LogP contribution in [-0.4, -0.2) is 59.7 Å². The maximum atomic E-state index is 12.3. The average Bonchev–Trinajstić information content (AvgIpc) is 2.63. The summed E-state index contributed by atoms with van der Waals surface area (Å²) >= 11 is 0. The van der Waals surface area contributed by atoms with Crippen molar-refractivity contribution in [3.8, 4) is 0 Å². The lowest BCUT2D eigenvalue weighted by atomic mass is 10.0. The van der Waals surface area contributed by atoms with Crippen LogP contribution in [0.15, 0.2) is 18.2 Å². The second-order valence-electron chi connectivity index (χ2n) is 6.30. The number of esters is 1. The highest BCUT2D eigenvalue weighted by Gasteiger charge is 2.23. The van der Waals surface area contributed by atoms with Crippen LogP contribution in [-0.2, 0) is 9.53 Å². The molecule has 1 aromatic carbocycles. The van der Waals surface area contributed by atoms with Crippen molar-refractivity contribution < 1.29 is 24.4 Å². The molecule has 2 rings (SSSR count). The molecule has 1 amide bonds. The third kappa shape index (κ3) is 5.16. The van der Waals surface area contributed by atoms with Crippen molar-refractivity contribution in [1.29, 1.82) is 0 Å². The zero-order valence-corrected chi connectivity index (χ0v) is 14.6. The normalized spacial score (nSPS) is 16.8. The number of aliphatic hydroxyl groups excluding tert-OH is 1. The molecular formula is C17H23N3O6. The summed E-state index contributed by atoms with van der Waals surface area (Å²) in [6, 6.07) is 3.71. The molecule has 142 valence electrons. The monoisotopic (exact) mass is 365 g/mol. The van der Waals surface area contributed by atoms with Crippen LogP contribution in [0.25, 0.3) is 0 Å². The summed E-state index contributed by atoms with van der Waals surface area (Å²) in [6.45, 7) is 2.93. The number of nitrogens with one attached hydrogen (secondary N) is 1. The number of nitrogens with zero attached hydrogens (tertiary/aromatic N) is 2. The van der Waals surface area contributed by atoms with E-state index in [1.54, 1.807) is 4.90 Å². The highest BCUT2D eigenvalue weighted by molar-refractivity contribution is 5.97. The Balaban J connectivity index is 2.05. The number of benzene rings is 1. The molecule has 0 aromatic heterocycles. The van der Waals surface area contributed by atoms with Crippen LogP contribution in [0, 0.1) is 16.0 Å². The Morgan fingerprint density at radius 3 is 2.88 bits per heavy atom. The van der Waals surface area contributed by atoms with Gasteiger partial charge in [0.25, 0.3) is 11.6 Å². The van der Waals surface area contributed by atoms with Crippen LogP contribution in [0.2, 0.25) is 0 Å². The van der Waals surface area contributed by atoms with Gasteiger partial charge < -0.3 is 20.1 Å². The fourth-order valence-corrected chi connectivity index (χ4v) is 2.87. The number of ether oxygens (including phenoxy) is 1. The summed E-state index contributed by atoms with van der Waals surface area (Å²) in [6.07, 6.45) is 1.98. The van der Waals surface area contributed by atoms with Crippen LogP contribution in [0.3, 0.4) is 0 Å². The smallest absolute Gasteiger partial charge is 0.341 e. The minimum Gasteiger partial charge on any atom is -0.452 e. The van der Waals surface area contributed by atoms with Crippen molar-refractivity contribution in [1.82, 2.24) is 4.90 Å². The molecule has 26 heavy (non-hydrogen) atoms. The number of rotatable bonds is 7. The van der Waals surface area contributed by atoms with E-state index in [4.69, 9.17) is 9.84 Å². The lowest BCUT2D eigenvalue weighted by Gasteiger charge is -2.30. The quantitative estimate of drug-likeness (QED) is 0.425. The number of likely N-dealkylation sites (tertiary alicyclic amines) is 1. The van der Waals surface area contributed by atoms with E-state index in [2.05, 4.69) is 12.2 Å². The number of carbonyl (C=O) groups is 2. The van der Waals surface area contributed by atoms with Gasteiger partial charge in [0.2, 0.25) is 0 Å². The first-order valence-electron chi connectivity index (χ1n) is 8.50. The molecule has 1 aliphatic heterocycles.